The normalized spacial score (nSPS) is 13.8. The van der Waals surface area contributed by atoms with E-state index in [0.717, 1.165) is 6.26 Å². The maximum absolute atomic E-state index is 12.0. The molecule has 0 aromatic heterocycles. The number of carbonyl (C=O) groups excluding carboxylic acids is 1. The number of hydrogen-bond acceptors (Lipinski definition) is 5. The van der Waals surface area contributed by atoms with Crippen LogP contribution in [0.15, 0.2) is 18.2 Å². The van der Waals surface area contributed by atoms with E-state index in [-0.39, 0.29) is 10.6 Å². The van der Waals surface area contributed by atoms with Crippen LogP contribution in [0.2, 0.25) is 5.02 Å². The monoisotopic (exact) mass is 334 g/mol. The Bertz CT molecular complexity index is 631. The third kappa shape index (κ3) is 6.03. The van der Waals surface area contributed by atoms with Gasteiger partial charge in [-0.3, -0.25) is 4.18 Å². The van der Waals surface area contributed by atoms with Crippen molar-refractivity contribution < 1.29 is 22.1 Å². The molecular weight excluding hydrogens is 316 g/mol. The van der Waals surface area contributed by atoms with Gasteiger partial charge in [-0.25, -0.2) is 4.79 Å². The van der Waals surface area contributed by atoms with Crippen LogP contribution in [0.1, 0.15) is 49.7 Å². The summed E-state index contributed by atoms with van der Waals surface area (Å²) in [6, 6.07) is 4.57. The number of ether oxygens (including phenoxy) is 1. The minimum atomic E-state index is -3.57. The molecule has 0 radical (unpaired) electrons. The smallest absolute Gasteiger partial charge is 0.340 e. The van der Waals surface area contributed by atoms with Crippen molar-refractivity contribution in [3.05, 3.63) is 34.3 Å². The topological polar surface area (TPSA) is 69.7 Å². The molecule has 7 heteroatoms. The lowest BCUT2D eigenvalue weighted by Crippen LogP contribution is -2.24. The summed E-state index contributed by atoms with van der Waals surface area (Å²) in [5.41, 5.74) is 0.158. The zero-order valence-corrected chi connectivity index (χ0v) is 14.2. The highest BCUT2D eigenvalue weighted by Gasteiger charge is 2.21. The summed E-state index contributed by atoms with van der Waals surface area (Å²) < 4.78 is 32.3. The Morgan fingerprint density at radius 3 is 2.29 bits per heavy atom. The van der Waals surface area contributed by atoms with Crippen LogP contribution in [-0.4, -0.2) is 26.2 Å². The zero-order valence-electron chi connectivity index (χ0n) is 12.6. The Hall–Kier alpha value is -1.11. The van der Waals surface area contributed by atoms with Crippen LogP contribution < -0.4 is 0 Å². The van der Waals surface area contributed by atoms with Crippen molar-refractivity contribution in [1.29, 1.82) is 0 Å². The highest BCUT2D eigenvalue weighted by atomic mass is 35.5. The van der Waals surface area contributed by atoms with Gasteiger partial charge in [0.05, 0.1) is 22.9 Å². The number of benzene rings is 1. The van der Waals surface area contributed by atoms with E-state index in [9.17, 15) is 13.2 Å². The fourth-order valence-corrected chi connectivity index (χ4v) is 2.50. The number of rotatable bonds is 4. The Balaban J connectivity index is 2.98. The van der Waals surface area contributed by atoms with Gasteiger partial charge in [0.15, 0.2) is 0 Å². The van der Waals surface area contributed by atoms with E-state index in [4.69, 9.17) is 20.5 Å². The maximum atomic E-state index is 12.0. The van der Waals surface area contributed by atoms with E-state index >= 15 is 0 Å². The van der Waals surface area contributed by atoms with Gasteiger partial charge in [-0.15, -0.1) is 0 Å². The lowest BCUT2D eigenvalue weighted by atomic mass is 10.1. The molecule has 0 saturated carbocycles. The van der Waals surface area contributed by atoms with Crippen molar-refractivity contribution in [2.45, 2.75) is 39.4 Å². The van der Waals surface area contributed by atoms with Crippen LogP contribution in [0, 0.1) is 0 Å². The van der Waals surface area contributed by atoms with Gasteiger partial charge in [0.1, 0.15) is 5.60 Å². The lowest BCUT2D eigenvalue weighted by Gasteiger charge is -2.20. The molecule has 0 amide bonds. The average Bonchev–Trinajstić information content (AvgIpc) is 2.23. The third-order valence-corrected chi connectivity index (χ3v) is 3.35. The zero-order chi connectivity index (χ0) is 16.4. The molecule has 0 aliphatic rings. The van der Waals surface area contributed by atoms with Gasteiger partial charge in [-0.1, -0.05) is 17.7 Å². The summed E-state index contributed by atoms with van der Waals surface area (Å²) in [5, 5.41) is 0.186. The Morgan fingerprint density at radius 2 is 1.86 bits per heavy atom. The summed E-state index contributed by atoms with van der Waals surface area (Å²) in [7, 11) is -3.57. The van der Waals surface area contributed by atoms with Crippen molar-refractivity contribution in [2.24, 2.45) is 0 Å². The molecular formula is C14H19ClO5S. The highest BCUT2D eigenvalue weighted by Crippen LogP contribution is 2.26. The maximum Gasteiger partial charge on any atom is 0.340 e. The van der Waals surface area contributed by atoms with Gasteiger partial charge >= 0.3 is 5.97 Å². The minimum Gasteiger partial charge on any atom is -0.456 e. The number of esters is 1. The molecule has 0 fully saturated rings. The quantitative estimate of drug-likeness (QED) is 0.624. The molecule has 0 N–H and O–H groups in total. The molecule has 1 rings (SSSR count). The van der Waals surface area contributed by atoms with Crippen molar-refractivity contribution in [3.63, 3.8) is 0 Å². The predicted octanol–water partition coefficient (Wildman–Crippen LogP) is 3.33. The van der Waals surface area contributed by atoms with Crippen LogP contribution >= 0.6 is 11.6 Å². The fourth-order valence-electron chi connectivity index (χ4n) is 1.60. The molecule has 0 saturated heterocycles. The summed E-state index contributed by atoms with van der Waals surface area (Å²) in [4.78, 5) is 12.0. The minimum absolute atomic E-state index is 0.186. The Kier molecular flexibility index (Phi) is 5.41. The third-order valence-electron chi connectivity index (χ3n) is 2.40. The van der Waals surface area contributed by atoms with E-state index in [0.29, 0.717) is 5.56 Å². The van der Waals surface area contributed by atoms with E-state index in [1.165, 1.54) is 12.1 Å². The van der Waals surface area contributed by atoms with Crippen molar-refractivity contribution in [3.8, 4) is 0 Å². The van der Waals surface area contributed by atoms with Crippen LogP contribution in [0.5, 0.6) is 0 Å². The molecule has 21 heavy (non-hydrogen) atoms. The van der Waals surface area contributed by atoms with E-state index in [1.807, 2.05) is 0 Å². The van der Waals surface area contributed by atoms with Crippen molar-refractivity contribution in [1.82, 2.24) is 0 Å². The summed E-state index contributed by atoms with van der Waals surface area (Å²) in [6.45, 7) is 6.86. The lowest BCUT2D eigenvalue weighted by molar-refractivity contribution is 0.00696. The van der Waals surface area contributed by atoms with Gasteiger partial charge in [-0.2, -0.15) is 8.42 Å². The van der Waals surface area contributed by atoms with Crippen LogP contribution in [0.4, 0.5) is 0 Å². The second-order valence-electron chi connectivity index (χ2n) is 5.68. The highest BCUT2D eigenvalue weighted by molar-refractivity contribution is 7.86. The Labute approximate surface area is 130 Å². The molecule has 0 aliphatic carbocycles. The first-order valence-electron chi connectivity index (χ1n) is 6.30. The SMILES string of the molecule is CC(OS(C)(=O)=O)c1ccc(C(=O)OC(C)(C)C)c(Cl)c1. The second kappa shape index (κ2) is 6.34. The second-order valence-corrected chi connectivity index (χ2v) is 7.69. The van der Waals surface area contributed by atoms with E-state index < -0.39 is 27.8 Å². The van der Waals surface area contributed by atoms with Gasteiger partial charge < -0.3 is 4.74 Å². The number of halogens is 1. The molecule has 1 atom stereocenters. The first kappa shape index (κ1) is 17.9. The number of hydrogen-bond donors (Lipinski definition) is 0. The van der Waals surface area contributed by atoms with E-state index in [2.05, 4.69) is 0 Å². The van der Waals surface area contributed by atoms with Crippen molar-refractivity contribution >= 4 is 27.7 Å². The van der Waals surface area contributed by atoms with Crippen LogP contribution in [-0.2, 0) is 19.0 Å². The summed E-state index contributed by atoms with van der Waals surface area (Å²) >= 11 is 6.06. The molecule has 5 nitrogen and oxygen atoms in total. The molecule has 1 aromatic carbocycles. The van der Waals surface area contributed by atoms with Gasteiger partial charge in [-0.05, 0) is 45.4 Å². The standard InChI is InChI=1S/C14H19ClO5S/c1-9(20-21(5,17)18)10-6-7-11(12(15)8-10)13(16)19-14(2,3)4/h6-9H,1-5H3. The molecule has 0 heterocycles. The van der Waals surface area contributed by atoms with E-state index in [1.54, 1.807) is 33.8 Å². The predicted molar refractivity (Wildman–Crippen MR) is 81.0 cm³/mol. The molecule has 1 unspecified atom stereocenters. The van der Waals surface area contributed by atoms with Gasteiger partial charge in [0.25, 0.3) is 10.1 Å². The summed E-state index contributed by atoms with van der Waals surface area (Å²) in [5.74, 6) is -0.532. The molecule has 0 spiro atoms. The Morgan fingerprint density at radius 1 is 1.29 bits per heavy atom. The van der Waals surface area contributed by atoms with Gasteiger partial charge in [0.2, 0.25) is 0 Å². The van der Waals surface area contributed by atoms with Crippen LogP contribution in [0.25, 0.3) is 0 Å². The first-order valence-corrected chi connectivity index (χ1v) is 8.49. The largest absolute Gasteiger partial charge is 0.456 e. The van der Waals surface area contributed by atoms with Crippen LogP contribution in [0.3, 0.4) is 0 Å². The fraction of sp³-hybridized carbons (Fsp3) is 0.500. The molecule has 0 bridgehead atoms. The number of carbonyl (C=O) groups is 1. The first-order chi connectivity index (χ1) is 9.39. The summed E-state index contributed by atoms with van der Waals surface area (Å²) in [6.07, 6.45) is 0.283. The molecule has 1 aromatic rings. The van der Waals surface area contributed by atoms with Gasteiger partial charge in [0, 0.05) is 0 Å². The molecule has 0 aliphatic heterocycles. The molecule has 118 valence electrons. The average molecular weight is 335 g/mol. The van der Waals surface area contributed by atoms with Crippen molar-refractivity contribution in [2.75, 3.05) is 6.26 Å².